The molecule has 0 bridgehead atoms. The Kier molecular flexibility index (Phi) is 5.67. The molecular formula is C24H16F3N5O. The number of nitrogens with one attached hydrogen (secondary N) is 1. The van der Waals surface area contributed by atoms with Crippen LogP contribution < -0.4 is 5.32 Å². The van der Waals surface area contributed by atoms with Gasteiger partial charge in [-0.2, -0.15) is 23.5 Å². The van der Waals surface area contributed by atoms with Crippen LogP contribution in [0.4, 0.5) is 18.9 Å². The van der Waals surface area contributed by atoms with E-state index in [1.54, 1.807) is 31.3 Å². The Morgan fingerprint density at radius 2 is 1.85 bits per heavy atom. The minimum absolute atomic E-state index is 0.00465. The van der Waals surface area contributed by atoms with Gasteiger partial charge in [-0.05, 0) is 30.3 Å². The van der Waals surface area contributed by atoms with Gasteiger partial charge >= 0.3 is 6.18 Å². The van der Waals surface area contributed by atoms with Crippen molar-refractivity contribution in [2.45, 2.75) is 6.18 Å². The van der Waals surface area contributed by atoms with Crippen LogP contribution in [0.25, 0.3) is 22.5 Å². The molecule has 0 radical (unpaired) electrons. The molecule has 164 valence electrons. The fourth-order valence-electron chi connectivity index (χ4n) is 3.35. The number of anilines is 1. The van der Waals surface area contributed by atoms with Gasteiger partial charge in [-0.15, -0.1) is 0 Å². The Balaban J connectivity index is 1.75. The minimum Gasteiger partial charge on any atom is -0.320 e. The molecule has 0 spiro atoms. The average molecular weight is 447 g/mol. The Labute approximate surface area is 186 Å². The first-order valence-electron chi connectivity index (χ1n) is 9.74. The average Bonchev–Trinajstić information content (AvgIpc) is 3.24. The lowest BCUT2D eigenvalue weighted by Gasteiger charge is -2.14. The Hall–Kier alpha value is -4.45. The van der Waals surface area contributed by atoms with Gasteiger partial charge in [0.1, 0.15) is 6.07 Å². The third-order valence-electron chi connectivity index (χ3n) is 4.89. The minimum atomic E-state index is -4.62. The molecule has 0 saturated carbocycles. The third kappa shape index (κ3) is 4.60. The van der Waals surface area contributed by atoms with Gasteiger partial charge in [0.25, 0.3) is 5.91 Å². The van der Waals surface area contributed by atoms with Crippen LogP contribution >= 0.6 is 0 Å². The van der Waals surface area contributed by atoms with Crippen LogP contribution in [0.3, 0.4) is 0 Å². The van der Waals surface area contributed by atoms with Crippen LogP contribution in [0.2, 0.25) is 0 Å². The maximum atomic E-state index is 13.6. The normalized spacial score (nSPS) is 11.1. The highest BCUT2D eigenvalue weighted by Gasteiger charge is 2.34. The Morgan fingerprint density at radius 1 is 1.09 bits per heavy atom. The number of aryl methyl sites for hydroxylation is 1. The van der Waals surface area contributed by atoms with Crippen molar-refractivity contribution in [1.82, 2.24) is 14.8 Å². The van der Waals surface area contributed by atoms with Crippen LogP contribution in [-0.4, -0.2) is 20.7 Å². The van der Waals surface area contributed by atoms with Gasteiger partial charge < -0.3 is 5.32 Å². The first-order valence-corrected chi connectivity index (χ1v) is 9.74. The molecule has 9 heteroatoms. The number of rotatable bonds is 4. The fraction of sp³-hybridized carbons (Fsp3) is 0.0833. The maximum absolute atomic E-state index is 13.6. The van der Waals surface area contributed by atoms with Gasteiger partial charge in [0, 0.05) is 36.1 Å². The quantitative estimate of drug-likeness (QED) is 0.461. The van der Waals surface area contributed by atoms with Gasteiger partial charge in [-0.1, -0.05) is 30.3 Å². The summed E-state index contributed by atoms with van der Waals surface area (Å²) in [7, 11) is 1.59. The van der Waals surface area contributed by atoms with Crippen molar-refractivity contribution in [3.05, 3.63) is 89.7 Å². The highest BCUT2D eigenvalue weighted by atomic mass is 19.4. The van der Waals surface area contributed by atoms with Crippen molar-refractivity contribution < 1.29 is 18.0 Å². The monoisotopic (exact) mass is 447 g/mol. The van der Waals surface area contributed by atoms with Gasteiger partial charge in [0.15, 0.2) is 0 Å². The van der Waals surface area contributed by atoms with Crippen LogP contribution in [0.15, 0.2) is 73.1 Å². The summed E-state index contributed by atoms with van der Waals surface area (Å²) in [6.07, 6.45) is -1.71. The van der Waals surface area contributed by atoms with E-state index < -0.39 is 17.6 Å². The van der Waals surface area contributed by atoms with Crippen molar-refractivity contribution in [3.63, 3.8) is 0 Å². The van der Waals surface area contributed by atoms with Crippen molar-refractivity contribution in [1.29, 1.82) is 5.26 Å². The summed E-state index contributed by atoms with van der Waals surface area (Å²) < 4.78 is 42.1. The third-order valence-corrected chi connectivity index (χ3v) is 4.89. The zero-order valence-electron chi connectivity index (χ0n) is 17.3. The predicted octanol–water partition coefficient (Wildman–Crippen LogP) is 5.29. The zero-order valence-corrected chi connectivity index (χ0v) is 17.3. The number of amides is 1. The van der Waals surface area contributed by atoms with Crippen LogP contribution in [0.1, 0.15) is 21.5 Å². The standard InChI is InChI=1S/C24H16F3N5O/c1-32-10-9-20(31-32)18-12-17(7-8-19(18)24(25,26)27)23(33)30-21-11-15(13-28)14-29-22(21)16-5-3-2-4-6-16/h2-12,14H,1H3,(H,30,33). The van der Waals surface area contributed by atoms with E-state index in [9.17, 15) is 23.2 Å². The molecule has 0 saturated heterocycles. The predicted molar refractivity (Wildman–Crippen MR) is 116 cm³/mol. The van der Waals surface area contributed by atoms with E-state index in [1.807, 2.05) is 12.1 Å². The molecule has 0 aliphatic heterocycles. The van der Waals surface area contributed by atoms with E-state index in [4.69, 9.17) is 0 Å². The number of alkyl halides is 3. The molecule has 4 rings (SSSR count). The van der Waals surface area contributed by atoms with Crippen molar-refractivity contribution in [2.24, 2.45) is 7.05 Å². The molecule has 0 atom stereocenters. The summed E-state index contributed by atoms with van der Waals surface area (Å²) in [5, 5.41) is 16.0. The molecule has 6 nitrogen and oxygen atoms in total. The van der Waals surface area contributed by atoms with Crippen LogP contribution in [0, 0.1) is 11.3 Å². The number of hydrogen-bond acceptors (Lipinski definition) is 4. The number of nitrogens with zero attached hydrogens (tertiary/aromatic N) is 4. The Bertz CT molecular complexity index is 1370. The molecule has 0 unspecified atom stereocenters. The smallest absolute Gasteiger partial charge is 0.320 e. The highest BCUT2D eigenvalue weighted by Crippen LogP contribution is 2.37. The van der Waals surface area contributed by atoms with E-state index in [1.165, 1.54) is 29.2 Å². The number of nitriles is 1. The molecule has 4 aromatic rings. The summed E-state index contributed by atoms with van der Waals surface area (Å²) >= 11 is 0. The topological polar surface area (TPSA) is 83.6 Å². The van der Waals surface area contributed by atoms with Crippen molar-refractivity contribution in [2.75, 3.05) is 5.32 Å². The number of aromatic nitrogens is 3. The maximum Gasteiger partial charge on any atom is 0.417 e. The molecule has 2 heterocycles. The number of carbonyl (C=O) groups is 1. The van der Waals surface area contributed by atoms with Gasteiger partial charge in [-0.25, -0.2) is 0 Å². The van der Waals surface area contributed by atoms with E-state index in [2.05, 4.69) is 15.4 Å². The SMILES string of the molecule is Cn1ccc(-c2cc(C(=O)Nc3cc(C#N)cnc3-c3ccccc3)ccc2C(F)(F)F)n1. The fourth-order valence-corrected chi connectivity index (χ4v) is 3.35. The number of carbonyl (C=O) groups excluding carboxylic acids is 1. The molecule has 1 amide bonds. The molecular weight excluding hydrogens is 431 g/mol. The summed E-state index contributed by atoms with van der Waals surface area (Å²) in [4.78, 5) is 17.3. The first kappa shape index (κ1) is 21.8. The van der Waals surface area contributed by atoms with E-state index >= 15 is 0 Å². The molecule has 0 aliphatic rings. The molecule has 1 N–H and O–H groups in total. The van der Waals surface area contributed by atoms with Crippen molar-refractivity contribution >= 4 is 11.6 Å². The van der Waals surface area contributed by atoms with E-state index in [0.717, 1.165) is 18.2 Å². The zero-order chi connectivity index (χ0) is 23.6. The van der Waals surface area contributed by atoms with E-state index in [-0.39, 0.29) is 28.1 Å². The summed E-state index contributed by atoms with van der Waals surface area (Å²) in [6, 6.07) is 17.0. The Morgan fingerprint density at radius 3 is 2.48 bits per heavy atom. The second kappa shape index (κ2) is 8.59. The van der Waals surface area contributed by atoms with Crippen LogP contribution in [-0.2, 0) is 13.2 Å². The van der Waals surface area contributed by atoms with Crippen molar-refractivity contribution in [3.8, 4) is 28.6 Å². The summed E-state index contributed by atoms with van der Waals surface area (Å²) in [5.41, 5.74) is 0.635. The molecule has 33 heavy (non-hydrogen) atoms. The largest absolute Gasteiger partial charge is 0.417 e. The van der Waals surface area contributed by atoms with Gasteiger partial charge in [-0.3, -0.25) is 14.5 Å². The number of benzene rings is 2. The number of halogens is 3. The highest BCUT2D eigenvalue weighted by molar-refractivity contribution is 6.06. The van der Waals surface area contributed by atoms with Gasteiger partial charge in [0.05, 0.1) is 28.2 Å². The second-order valence-corrected chi connectivity index (χ2v) is 7.18. The lowest BCUT2D eigenvalue weighted by molar-refractivity contribution is -0.137. The molecule has 2 aromatic heterocycles. The first-order chi connectivity index (χ1) is 15.8. The molecule has 0 aliphatic carbocycles. The number of pyridine rings is 1. The summed E-state index contributed by atoms with van der Waals surface area (Å²) in [6.45, 7) is 0. The van der Waals surface area contributed by atoms with E-state index in [0.29, 0.717) is 11.3 Å². The molecule has 2 aromatic carbocycles. The lowest BCUT2D eigenvalue weighted by Crippen LogP contribution is -2.15. The number of hydrogen-bond donors (Lipinski definition) is 1. The summed E-state index contributed by atoms with van der Waals surface area (Å²) in [5.74, 6) is -0.644. The lowest BCUT2D eigenvalue weighted by atomic mass is 10.00. The van der Waals surface area contributed by atoms with Gasteiger partial charge in [0.2, 0.25) is 0 Å². The van der Waals surface area contributed by atoms with Crippen LogP contribution in [0.5, 0.6) is 0 Å². The molecule has 0 fully saturated rings. The second-order valence-electron chi connectivity index (χ2n) is 7.18.